The molecule has 4 nitrogen and oxygen atoms in total. The van der Waals surface area contributed by atoms with E-state index in [1.54, 1.807) is 24.3 Å². The lowest BCUT2D eigenvalue weighted by molar-refractivity contribution is -0.116. The molecule has 0 aliphatic rings. The van der Waals surface area contributed by atoms with E-state index >= 15 is 0 Å². The van der Waals surface area contributed by atoms with Crippen molar-refractivity contribution in [3.63, 3.8) is 0 Å². The quantitative estimate of drug-likeness (QED) is 0.726. The van der Waals surface area contributed by atoms with Gasteiger partial charge in [0.05, 0.1) is 5.69 Å². The molecule has 0 saturated carbocycles. The average Bonchev–Trinajstić information content (AvgIpc) is 2.18. The van der Waals surface area contributed by atoms with Crippen LogP contribution in [0.2, 0.25) is 0 Å². The van der Waals surface area contributed by atoms with E-state index in [9.17, 15) is 9.59 Å². The van der Waals surface area contributed by atoms with E-state index in [1.165, 1.54) is 6.92 Å². The number of hydrogen-bond acceptors (Lipinski definition) is 3. The van der Waals surface area contributed by atoms with Crippen molar-refractivity contribution in [1.82, 2.24) is 0 Å². The molecule has 1 aromatic carbocycles. The van der Waals surface area contributed by atoms with Crippen LogP contribution in [0.25, 0.3) is 0 Å². The lowest BCUT2D eigenvalue weighted by Crippen LogP contribution is -2.17. The molecule has 0 aromatic heterocycles. The molecule has 0 bridgehead atoms. The van der Waals surface area contributed by atoms with Crippen molar-refractivity contribution in [1.29, 1.82) is 0 Å². The van der Waals surface area contributed by atoms with E-state index in [1.807, 2.05) is 0 Å². The fourth-order valence-electron chi connectivity index (χ4n) is 1.24. The van der Waals surface area contributed by atoms with Gasteiger partial charge < -0.3 is 11.1 Å². The maximum absolute atomic E-state index is 11.3. The Labute approximate surface area is 88.5 Å². The number of para-hydroxylation sites is 1. The molecule has 4 heteroatoms. The van der Waals surface area contributed by atoms with E-state index < -0.39 is 0 Å². The van der Waals surface area contributed by atoms with Crippen molar-refractivity contribution < 1.29 is 9.59 Å². The third kappa shape index (κ3) is 3.18. The van der Waals surface area contributed by atoms with Gasteiger partial charge in [0, 0.05) is 18.5 Å². The number of hydrogen-bond donors (Lipinski definition) is 2. The van der Waals surface area contributed by atoms with Crippen molar-refractivity contribution in [2.75, 3.05) is 11.9 Å². The molecule has 0 spiro atoms. The van der Waals surface area contributed by atoms with Crippen LogP contribution in [-0.4, -0.2) is 18.2 Å². The number of benzene rings is 1. The van der Waals surface area contributed by atoms with E-state index in [4.69, 9.17) is 5.73 Å². The lowest BCUT2D eigenvalue weighted by atomic mass is 10.1. The molecule has 3 N–H and O–H groups in total. The molecule has 1 amide bonds. The molecule has 0 unspecified atom stereocenters. The largest absolute Gasteiger partial charge is 0.330 e. The highest BCUT2D eigenvalue weighted by molar-refractivity contribution is 6.03. The maximum Gasteiger partial charge on any atom is 0.225 e. The first-order valence-corrected chi connectivity index (χ1v) is 4.75. The lowest BCUT2D eigenvalue weighted by Gasteiger charge is -2.07. The topological polar surface area (TPSA) is 72.2 Å². The summed E-state index contributed by atoms with van der Waals surface area (Å²) >= 11 is 0. The summed E-state index contributed by atoms with van der Waals surface area (Å²) in [5.41, 5.74) is 6.31. The summed E-state index contributed by atoms with van der Waals surface area (Å²) in [7, 11) is 0. The number of rotatable bonds is 4. The second kappa shape index (κ2) is 5.26. The first kappa shape index (κ1) is 11.4. The number of nitrogens with two attached hydrogens (primary N) is 1. The Morgan fingerprint density at radius 3 is 2.60 bits per heavy atom. The monoisotopic (exact) mass is 206 g/mol. The summed E-state index contributed by atoms with van der Waals surface area (Å²) < 4.78 is 0. The molecule has 80 valence electrons. The third-order valence-corrected chi connectivity index (χ3v) is 1.95. The van der Waals surface area contributed by atoms with Crippen molar-refractivity contribution in [3.8, 4) is 0 Å². The second-order valence-electron chi connectivity index (χ2n) is 3.19. The van der Waals surface area contributed by atoms with Crippen molar-refractivity contribution in [2.24, 2.45) is 5.73 Å². The first-order chi connectivity index (χ1) is 7.15. The Kier molecular flexibility index (Phi) is 4.00. The van der Waals surface area contributed by atoms with Crippen LogP contribution in [0.5, 0.6) is 0 Å². The summed E-state index contributed by atoms with van der Waals surface area (Å²) in [6.45, 7) is 1.77. The van der Waals surface area contributed by atoms with Crippen LogP contribution >= 0.6 is 0 Å². The van der Waals surface area contributed by atoms with E-state index in [0.717, 1.165) is 0 Å². The number of anilines is 1. The van der Waals surface area contributed by atoms with Gasteiger partial charge in [0.15, 0.2) is 5.78 Å². The SMILES string of the molecule is CC(=O)c1ccccc1NC(=O)CCN. The number of Topliss-reactive ketones (excluding diaryl/α,β-unsaturated/α-hetero) is 1. The Balaban J connectivity index is 2.84. The zero-order valence-corrected chi connectivity index (χ0v) is 8.62. The fourth-order valence-corrected chi connectivity index (χ4v) is 1.24. The summed E-state index contributed by atoms with van der Waals surface area (Å²) in [6, 6.07) is 6.91. The van der Waals surface area contributed by atoms with E-state index in [-0.39, 0.29) is 18.1 Å². The van der Waals surface area contributed by atoms with Crippen LogP contribution in [0.4, 0.5) is 5.69 Å². The molecule has 1 aromatic rings. The third-order valence-electron chi connectivity index (χ3n) is 1.95. The van der Waals surface area contributed by atoms with E-state index in [0.29, 0.717) is 17.8 Å². The standard InChI is InChI=1S/C11H14N2O2/c1-8(14)9-4-2-3-5-10(9)13-11(15)6-7-12/h2-5H,6-7,12H2,1H3,(H,13,15). The van der Waals surface area contributed by atoms with Gasteiger partial charge in [-0.3, -0.25) is 9.59 Å². The Hall–Kier alpha value is -1.68. The zero-order chi connectivity index (χ0) is 11.3. The highest BCUT2D eigenvalue weighted by Gasteiger charge is 2.08. The minimum Gasteiger partial charge on any atom is -0.330 e. The average molecular weight is 206 g/mol. The van der Waals surface area contributed by atoms with Gasteiger partial charge in [-0.2, -0.15) is 0 Å². The van der Waals surface area contributed by atoms with Crippen LogP contribution in [0.15, 0.2) is 24.3 Å². The van der Waals surface area contributed by atoms with Gasteiger partial charge in [0.1, 0.15) is 0 Å². The molecular weight excluding hydrogens is 192 g/mol. The predicted octanol–water partition coefficient (Wildman–Crippen LogP) is 1.18. The molecule has 0 aliphatic carbocycles. The molecule has 0 radical (unpaired) electrons. The van der Waals surface area contributed by atoms with Gasteiger partial charge in [-0.05, 0) is 19.1 Å². The van der Waals surface area contributed by atoms with Crippen LogP contribution in [-0.2, 0) is 4.79 Å². The number of carbonyl (C=O) groups excluding carboxylic acids is 2. The van der Waals surface area contributed by atoms with Gasteiger partial charge in [-0.1, -0.05) is 12.1 Å². The normalized spacial score (nSPS) is 9.73. The number of ketones is 1. The molecule has 0 heterocycles. The second-order valence-corrected chi connectivity index (χ2v) is 3.19. The molecule has 0 atom stereocenters. The maximum atomic E-state index is 11.3. The zero-order valence-electron chi connectivity index (χ0n) is 8.62. The minimum atomic E-state index is -0.175. The van der Waals surface area contributed by atoms with Crippen LogP contribution in [0.1, 0.15) is 23.7 Å². The molecule has 0 saturated heterocycles. The number of amides is 1. The van der Waals surface area contributed by atoms with Crippen LogP contribution in [0.3, 0.4) is 0 Å². The number of carbonyl (C=O) groups is 2. The molecular formula is C11H14N2O2. The molecule has 15 heavy (non-hydrogen) atoms. The van der Waals surface area contributed by atoms with Crippen molar-refractivity contribution in [2.45, 2.75) is 13.3 Å². The van der Waals surface area contributed by atoms with E-state index in [2.05, 4.69) is 5.32 Å². The van der Waals surface area contributed by atoms with Crippen molar-refractivity contribution in [3.05, 3.63) is 29.8 Å². The highest BCUT2D eigenvalue weighted by atomic mass is 16.1. The van der Waals surface area contributed by atoms with Gasteiger partial charge in [-0.25, -0.2) is 0 Å². The minimum absolute atomic E-state index is 0.0707. The van der Waals surface area contributed by atoms with Gasteiger partial charge >= 0.3 is 0 Å². The fraction of sp³-hybridized carbons (Fsp3) is 0.273. The molecule has 0 aliphatic heterocycles. The van der Waals surface area contributed by atoms with Gasteiger partial charge in [0.2, 0.25) is 5.91 Å². The first-order valence-electron chi connectivity index (χ1n) is 4.75. The Morgan fingerprint density at radius 1 is 1.33 bits per heavy atom. The van der Waals surface area contributed by atoms with Crippen LogP contribution in [0, 0.1) is 0 Å². The highest BCUT2D eigenvalue weighted by Crippen LogP contribution is 2.15. The summed E-state index contributed by atoms with van der Waals surface area (Å²) in [5, 5.41) is 2.65. The van der Waals surface area contributed by atoms with Gasteiger partial charge in [-0.15, -0.1) is 0 Å². The van der Waals surface area contributed by atoms with Gasteiger partial charge in [0.25, 0.3) is 0 Å². The summed E-state index contributed by atoms with van der Waals surface area (Å²) in [5.74, 6) is -0.246. The summed E-state index contributed by atoms with van der Waals surface area (Å²) in [6.07, 6.45) is 0.256. The molecule has 0 fully saturated rings. The predicted molar refractivity (Wildman–Crippen MR) is 58.7 cm³/mol. The summed E-state index contributed by atoms with van der Waals surface area (Å²) in [4.78, 5) is 22.5. The Morgan fingerprint density at radius 2 is 2.00 bits per heavy atom. The Bertz CT molecular complexity index is 375. The van der Waals surface area contributed by atoms with Crippen LogP contribution < -0.4 is 11.1 Å². The number of nitrogens with one attached hydrogen (secondary N) is 1. The van der Waals surface area contributed by atoms with Crippen molar-refractivity contribution >= 4 is 17.4 Å². The molecule has 1 rings (SSSR count). The smallest absolute Gasteiger partial charge is 0.225 e.